The Morgan fingerprint density at radius 3 is 2.71 bits per heavy atom. The van der Waals surface area contributed by atoms with Crippen molar-refractivity contribution >= 4 is 12.2 Å². The zero-order chi connectivity index (χ0) is 12.4. The molecule has 0 fully saturated rings. The van der Waals surface area contributed by atoms with Gasteiger partial charge in [-0.3, -0.25) is 9.67 Å². The van der Waals surface area contributed by atoms with E-state index in [1.54, 1.807) is 0 Å². The van der Waals surface area contributed by atoms with Gasteiger partial charge in [-0.05, 0) is 30.3 Å². The highest BCUT2D eigenvalue weighted by atomic mass is 32.1. The van der Waals surface area contributed by atoms with Gasteiger partial charge in [0.25, 0.3) is 0 Å². The smallest absolute Gasteiger partial charge is 0.195 e. The Bertz CT molecular complexity index is 566. The topological polar surface area (TPSA) is 33.6 Å². The van der Waals surface area contributed by atoms with Crippen LogP contribution in [0, 0.1) is 11.7 Å². The van der Waals surface area contributed by atoms with E-state index < -0.39 is 0 Å². The standard InChI is InChI=1S/C13H17N3S/c1-9(2)12-14-15-13(17)16(12)8-11-7-5-4-6-10(11)3/h4-7,9H,8H2,1-3H3,(H,15,17). The third-order valence-corrected chi connectivity index (χ3v) is 3.21. The maximum atomic E-state index is 5.28. The third-order valence-electron chi connectivity index (χ3n) is 2.89. The lowest BCUT2D eigenvalue weighted by Crippen LogP contribution is -2.07. The van der Waals surface area contributed by atoms with Gasteiger partial charge in [0.15, 0.2) is 4.77 Å². The SMILES string of the molecule is Cc1ccccc1Cn1c(C(C)C)n[nH]c1=S. The van der Waals surface area contributed by atoms with Crippen molar-refractivity contribution in [2.24, 2.45) is 0 Å². The molecule has 1 N–H and O–H groups in total. The van der Waals surface area contributed by atoms with Crippen molar-refractivity contribution < 1.29 is 0 Å². The van der Waals surface area contributed by atoms with Crippen LogP contribution >= 0.6 is 12.2 Å². The number of H-pyrrole nitrogens is 1. The van der Waals surface area contributed by atoms with Gasteiger partial charge in [-0.15, -0.1) is 0 Å². The number of nitrogens with zero attached hydrogens (tertiary/aromatic N) is 2. The van der Waals surface area contributed by atoms with Crippen LogP contribution < -0.4 is 0 Å². The van der Waals surface area contributed by atoms with Gasteiger partial charge < -0.3 is 0 Å². The summed E-state index contributed by atoms with van der Waals surface area (Å²) in [5.74, 6) is 1.38. The highest BCUT2D eigenvalue weighted by Crippen LogP contribution is 2.15. The van der Waals surface area contributed by atoms with Crippen LogP contribution in [-0.4, -0.2) is 14.8 Å². The molecule has 0 unspecified atom stereocenters. The fourth-order valence-electron chi connectivity index (χ4n) is 1.88. The molecular weight excluding hydrogens is 230 g/mol. The molecule has 2 rings (SSSR count). The summed E-state index contributed by atoms with van der Waals surface area (Å²) in [4.78, 5) is 0. The van der Waals surface area contributed by atoms with Crippen LogP contribution in [0.2, 0.25) is 0 Å². The Morgan fingerprint density at radius 1 is 1.35 bits per heavy atom. The number of rotatable bonds is 3. The number of hydrogen-bond donors (Lipinski definition) is 1. The maximum Gasteiger partial charge on any atom is 0.195 e. The first-order valence-corrected chi connectivity index (χ1v) is 6.20. The molecule has 0 aliphatic carbocycles. The Balaban J connectivity index is 2.40. The second kappa shape index (κ2) is 4.84. The Hall–Kier alpha value is -1.42. The Labute approximate surface area is 106 Å². The Morgan fingerprint density at radius 2 is 2.06 bits per heavy atom. The van der Waals surface area contributed by atoms with Gasteiger partial charge in [0, 0.05) is 5.92 Å². The van der Waals surface area contributed by atoms with E-state index >= 15 is 0 Å². The van der Waals surface area contributed by atoms with Crippen molar-refractivity contribution in [1.82, 2.24) is 14.8 Å². The summed E-state index contributed by atoms with van der Waals surface area (Å²) in [5, 5.41) is 7.16. The lowest BCUT2D eigenvalue weighted by atomic mass is 10.1. The molecule has 0 saturated carbocycles. The lowest BCUT2D eigenvalue weighted by molar-refractivity contribution is 0.663. The first-order valence-electron chi connectivity index (χ1n) is 5.79. The van der Waals surface area contributed by atoms with Gasteiger partial charge in [0.1, 0.15) is 5.82 Å². The monoisotopic (exact) mass is 247 g/mol. The van der Waals surface area contributed by atoms with Gasteiger partial charge in [0.2, 0.25) is 0 Å². The molecular formula is C13H17N3S. The largest absolute Gasteiger partial charge is 0.299 e. The van der Waals surface area contributed by atoms with Crippen LogP contribution in [0.5, 0.6) is 0 Å². The zero-order valence-electron chi connectivity index (χ0n) is 10.4. The van der Waals surface area contributed by atoms with E-state index in [1.807, 2.05) is 0 Å². The highest BCUT2D eigenvalue weighted by Gasteiger charge is 2.10. The molecule has 17 heavy (non-hydrogen) atoms. The summed E-state index contributed by atoms with van der Waals surface area (Å²) in [6, 6.07) is 8.36. The summed E-state index contributed by atoms with van der Waals surface area (Å²) in [6.45, 7) is 7.15. The molecule has 3 nitrogen and oxygen atoms in total. The number of aromatic nitrogens is 3. The van der Waals surface area contributed by atoms with E-state index in [4.69, 9.17) is 12.2 Å². The number of benzene rings is 1. The first-order chi connectivity index (χ1) is 8.09. The van der Waals surface area contributed by atoms with Crippen LogP contribution in [0.1, 0.15) is 36.7 Å². The van der Waals surface area contributed by atoms with E-state index in [0.717, 1.165) is 12.4 Å². The fraction of sp³-hybridized carbons (Fsp3) is 0.385. The lowest BCUT2D eigenvalue weighted by Gasteiger charge is -2.10. The summed E-state index contributed by atoms with van der Waals surface area (Å²) in [7, 11) is 0. The minimum Gasteiger partial charge on any atom is -0.299 e. The second-order valence-electron chi connectivity index (χ2n) is 4.55. The van der Waals surface area contributed by atoms with Gasteiger partial charge in [-0.1, -0.05) is 38.1 Å². The molecule has 0 radical (unpaired) electrons. The number of aromatic amines is 1. The average Bonchev–Trinajstić information content (AvgIpc) is 2.64. The van der Waals surface area contributed by atoms with E-state index in [-0.39, 0.29) is 0 Å². The molecule has 0 atom stereocenters. The van der Waals surface area contributed by atoms with E-state index in [0.29, 0.717) is 10.7 Å². The summed E-state index contributed by atoms with van der Waals surface area (Å²) < 4.78 is 2.76. The second-order valence-corrected chi connectivity index (χ2v) is 4.94. The molecule has 1 aromatic heterocycles. The number of nitrogens with one attached hydrogen (secondary N) is 1. The molecule has 0 spiro atoms. The third kappa shape index (κ3) is 2.47. The fourth-order valence-corrected chi connectivity index (χ4v) is 2.08. The molecule has 1 heterocycles. The van der Waals surface area contributed by atoms with Crippen molar-refractivity contribution in [3.63, 3.8) is 0 Å². The summed E-state index contributed by atoms with van der Waals surface area (Å²) in [6.07, 6.45) is 0. The molecule has 4 heteroatoms. The number of hydrogen-bond acceptors (Lipinski definition) is 2. The van der Waals surface area contributed by atoms with Crippen LogP contribution in [0.3, 0.4) is 0 Å². The predicted molar refractivity (Wildman–Crippen MR) is 71.8 cm³/mol. The first kappa shape index (κ1) is 12.0. The van der Waals surface area contributed by atoms with Crippen LogP contribution in [0.4, 0.5) is 0 Å². The molecule has 90 valence electrons. The molecule has 0 aliphatic heterocycles. The van der Waals surface area contributed by atoms with Gasteiger partial charge in [-0.25, -0.2) is 0 Å². The van der Waals surface area contributed by atoms with Gasteiger partial charge in [-0.2, -0.15) is 5.10 Å². The van der Waals surface area contributed by atoms with Crippen molar-refractivity contribution in [3.8, 4) is 0 Å². The molecule has 1 aromatic carbocycles. The van der Waals surface area contributed by atoms with E-state index in [1.165, 1.54) is 11.1 Å². The minimum absolute atomic E-state index is 0.368. The molecule has 0 saturated heterocycles. The number of aryl methyl sites for hydroxylation is 1. The van der Waals surface area contributed by atoms with Crippen molar-refractivity contribution in [2.45, 2.75) is 33.2 Å². The average molecular weight is 247 g/mol. The van der Waals surface area contributed by atoms with E-state index in [9.17, 15) is 0 Å². The van der Waals surface area contributed by atoms with Crippen molar-refractivity contribution in [2.75, 3.05) is 0 Å². The predicted octanol–water partition coefficient (Wildman–Crippen LogP) is 3.42. The van der Waals surface area contributed by atoms with Crippen LogP contribution in [-0.2, 0) is 6.54 Å². The van der Waals surface area contributed by atoms with Crippen LogP contribution in [0.15, 0.2) is 24.3 Å². The van der Waals surface area contributed by atoms with Crippen LogP contribution in [0.25, 0.3) is 0 Å². The quantitative estimate of drug-likeness (QED) is 0.843. The highest BCUT2D eigenvalue weighted by molar-refractivity contribution is 7.71. The summed E-state index contributed by atoms with van der Waals surface area (Å²) >= 11 is 5.28. The molecule has 0 bridgehead atoms. The maximum absolute atomic E-state index is 5.28. The molecule has 2 aromatic rings. The normalized spacial score (nSPS) is 11.1. The molecule has 0 amide bonds. The van der Waals surface area contributed by atoms with Crippen molar-refractivity contribution in [3.05, 3.63) is 46.0 Å². The van der Waals surface area contributed by atoms with E-state index in [2.05, 4.69) is 59.8 Å². The summed E-state index contributed by atoms with van der Waals surface area (Å²) in [5.41, 5.74) is 2.57. The minimum atomic E-state index is 0.368. The molecule has 0 aliphatic rings. The van der Waals surface area contributed by atoms with Gasteiger partial charge in [0.05, 0.1) is 6.54 Å². The van der Waals surface area contributed by atoms with Crippen molar-refractivity contribution in [1.29, 1.82) is 0 Å². The zero-order valence-corrected chi connectivity index (χ0v) is 11.2. The van der Waals surface area contributed by atoms with Gasteiger partial charge >= 0.3 is 0 Å². The Kier molecular flexibility index (Phi) is 3.43.